The minimum absolute atomic E-state index is 0.108. The van der Waals surface area contributed by atoms with Crippen molar-refractivity contribution in [1.29, 1.82) is 0 Å². The standard InChI is InChI=1S/C20H17N5O4/c1-28-15-9-5-6-13(10-15)19(27)22-17-11-18(26)23-20-21-16(24-25(17)20)12-29-14-7-3-2-4-8-14/h2-11H,12H2,1H3,(H,22,27)(H,21,23,24,26). The fourth-order valence-electron chi connectivity index (χ4n) is 2.70. The van der Waals surface area contributed by atoms with Gasteiger partial charge in [0.05, 0.1) is 7.11 Å². The Morgan fingerprint density at radius 3 is 2.69 bits per heavy atom. The molecule has 0 atom stereocenters. The van der Waals surface area contributed by atoms with Crippen LogP contribution in [0.5, 0.6) is 11.5 Å². The lowest BCUT2D eigenvalue weighted by Crippen LogP contribution is -2.18. The van der Waals surface area contributed by atoms with Gasteiger partial charge < -0.3 is 14.8 Å². The fraction of sp³-hybridized carbons (Fsp3) is 0.100. The van der Waals surface area contributed by atoms with Gasteiger partial charge in [0.2, 0.25) is 5.78 Å². The van der Waals surface area contributed by atoms with Gasteiger partial charge in [0.15, 0.2) is 5.82 Å². The molecule has 9 heteroatoms. The van der Waals surface area contributed by atoms with Gasteiger partial charge in [0, 0.05) is 11.6 Å². The highest BCUT2D eigenvalue weighted by molar-refractivity contribution is 6.04. The summed E-state index contributed by atoms with van der Waals surface area (Å²) < 4.78 is 12.1. The summed E-state index contributed by atoms with van der Waals surface area (Å²) >= 11 is 0. The monoisotopic (exact) mass is 391 g/mol. The second kappa shape index (κ2) is 7.85. The average Bonchev–Trinajstić information content (AvgIpc) is 3.16. The number of fused-ring (bicyclic) bond motifs is 1. The molecule has 2 N–H and O–H groups in total. The molecular formula is C20H17N5O4. The Morgan fingerprint density at radius 2 is 1.90 bits per heavy atom. The SMILES string of the molecule is COc1cccc(C(=O)Nc2cc(=O)[nH]c3nc(COc4ccccc4)nn23)c1. The van der Waals surface area contributed by atoms with E-state index in [1.807, 2.05) is 30.3 Å². The maximum Gasteiger partial charge on any atom is 0.256 e. The van der Waals surface area contributed by atoms with Crippen molar-refractivity contribution in [2.75, 3.05) is 12.4 Å². The fourth-order valence-corrected chi connectivity index (χ4v) is 2.70. The van der Waals surface area contributed by atoms with Crippen LogP contribution in [0.1, 0.15) is 16.2 Å². The summed E-state index contributed by atoms with van der Waals surface area (Å²) in [6, 6.07) is 17.2. The van der Waals surface area contributed by atoms with E-state index in [4.69, 9.17) is 9.47 Å². The van der Waals surface area contributed by atoms with Crippen LogP contribution in [0, 0.1) is 0 Å². The number of benzene rings is 2. The molecule has 4 aromatic rings. The molecule has 0 unspecified atom stereocenters. The van der Waals surface area contributed by atoms with Gasteiger partial charge in [-0.2, -0.15) is 9.50 Å². The Balaban J connectivity index is 1.59. The molecule has 0 spiro atoms. The number of hydrogen-bond acceptors (Lipinski definition) is 6. The molecule has 0 bridgehead atoms. The summed E-state index contributed by atoms with van der Waals surface area (Å²) in [6.45, 7) is 0.108. The molecule has 0 saturated heterocycles. The van der Waals surface area contributed by atoms with Gasteiger partial charge in [-0.25, -0.2) is 0 Å². The number of anilines is 1. The number of nitrogens with one attached hydrogen (secondary N) is 2. The summed E-state index contributed by atoms with van der Waals surface area (Å²) in [5.41, 5.74) is -0.0353. The van der Waals surface area contributed by atoms with E-state index < -0.39 is 11.5 Å². The van der Waals surface area contributed by atoms with E-state index >= 15 is 0 Å². The van der Waals surface area contributed by atoms with E-state index in [0.29, 0.717) is 22.9 Å². The Morgan fingerprint density at radius 1 is 1.10 bits per heavy atom. The smallest absolute Gasteiger partial charge is 0.256 e. The van der Waals surface area contributed by atoms with Crippen LogP contribution in [0.15, 0.2) is 65.5 Å². The number of methoxy groups -OCH3 is 1. The molecule has 146 valence electrons. The van der Waals surface area contributed by atoms with Crippen molar-refractivity contribution in [3.63, 3.8) is 0 Å². The molecule has 2 heterocycles. The number of aromatic amines is 1. The summed E-state index contributed by atoms with van der Waals surface area (Å²) in [4.78, 5) is 31.4. The first-order valence-electron chi connectivity index (χ1n) is 8.74. The summed E-state index contributed by atoms with van der Waals surface area (Å²) in [5, 5.41) is 7.01. The number of nitrogens with zero attached hydrogens (tertiary/aromatic N) is 3. The number of H-pyrrole nitrogens is 1. The third-order valence-electron chi connectivity index (χ3n) is 4.07. The molecular weight excluding hydrogens is 374 g/mol. The minimum Gasteiger partial charge on any atom is -0.497 e. The first kappa shape index (κ1) is 18.2. The summed E-state index contributed by atoms with van der Waals surface area (Å²) in [7, 11) is 1.52. The maximum absolute atomic E-state index is 12.6. The maximum atomic E-state index is 12.6. The van der Waals surface area contributed by atoms with Crippen molar-refractivity contribution in [3.8, 4) is 11.5 Å². The van der Waals surface area contributed by atoms with Crippen LogP contribution in [0.2, 0.25) is 0 Å². The van der Waals surface area contributed by atoms with Crippen molar-refractivity contribution in [1.82, 2.24) is 19.6 Å². The lowest BCUT2D eigenvalue weighted by Gasteiger charge is -2.07. The highest BCUT2D eigenvalue weighted by atomic mass is 16.5. The normalized spacial score (nSPS) is 10.7. The van der Waals surface area contributed by atoms with Gasteiger partial charge in [0.1, 0.15) is 23.9 Å². The van der Waals surface area contributed by atoms with Gasteiger partial charge in [-0.15, -0.1) is 5.10 Å². The molecule has 4 rings (SSSR count). The molecule has 9 nitrogen and oxygen atoms in total. The zero-order valence-corrected chi connectivity index (χ0v) is 15.5. The van der Waals surface area contributed by atoms with E-state index in [2.05, 4.69) is 20.4 Å². The molecule has 0 fully saturated rings. The molecule has 0 radical (unpaired) electrons. The summed E-state index contributed by atoms with van der Waals surface area (Å²) in [5.74, 6) is 1.56. The zero-order valence-electron chi connectivity index (χ0n) is 15.5. The highest BCUT2D eigenvalue weighted by Gasteiger charge is 2.14. The van der Waals surface area contributed by atoms with Crippen LogP contribution < -0.4 is 20.3 Å². The zero-order chi connectivity index (χ0) is 20.2. The molecule has 0 aliphatic rings. The van der Waals surface area contributed by atoms with Gasteiger partial charge in [0.25, 0.3) is 11.5 Å². The van der Waals surface area contributed by atoms with Crippen LogP contribution >= 0.6 is 0 Å². The third kappa shape index (κ3) is 4.08. The second-order valence-corrected chi connectivity index (χ2v) is 6.07. The lowest BCUT2D eigenvalue weighted by molar-refractivity contribution is 0.102. The minimum atomic E-state index is -0.415. The number of hydrogen-bond donors (Lipinski definition) is 2. The largest absolute Gasteiger partial charge is 0.497 e. The van der Waals surface area contributed by atoms with E-state index in [0.717, 1.165) is 0 Å². The van der Waals surface area contributed by atoms with Crippen molar-refractivity contribution < 1.29 is 14.3 Å². The molecule has 1 amide bonds. The summed E-state index contributed by atoms with van der Waals surface area (Å²) in [6.07, 6.45) is 0. The lowest BCUT2D eigenvalue weighted by atomic mass is 10.2. The number of carbonyl (C=O) groups excluding carboxylic acids is 1. The molecule has 2 aromatic carbocycles. The Hall–Kier alpha value is -4.14. The molecule has 0 saturated carbocycles. The number of ether oxygens (including phenoxy) is 2. The van der Waals surface area contributed by atoms with Gasteiger partial charge in [-0.05, 0) is 30.3 Å². The van der Waals surface area contributed by atoms with E-state index in [-0.39, 0.29) is 18.2 Å². The highest BCUT2D eigenvalue weighted by Crippen LogP contribution is 2.15. The van der Waals surface area contributed by atoms with E-state index in [1.165, 1.54) is 17.7 Å². The van der Waals surface area contributed by atoms with E-state index in [9.17, 15) is 9.59 Å². The van der Waals surface area contributed by atoms with Gasteiger partial charge in [-0.1, -0.05) is 24.3 Å². The number of carbonyl (C=O) groups is 1. The predicted octanol–water partition coefficient (Wildman–Crippen LogP) is 2.26. The molecule has 2 aromatic heterocycles. The van der Waals surface area contributed by atoms with Crippen LogP contribution in [0.3, 0.4) is 0 Å². The number of rotatable bonds is 6. The van der Waals surface area contributed by atoms with Crippen LogP contribution in [0.4, 0.5) is 5.82 Å². The number of aromatic nitrogens is 4. The van der Waals surface area contributed by atoms with Crippen LogP contribution in [0.25, 0.3) is 5.78 Å². The molecule has 0 aliphatic heterocycles. The van der Waals surface area contributed by atoms with Crippen molar-refractivity contribution in [3.05, 3.63) is 82.4 Å². The number of para-hydroxylation sites is 1. The Kier molecular flexibility index (Phi) is 4.93. The molecule has 29 heavy (non-hydrogen) atoms. The Labute approximate surface area is 164 Å². The first-order valence-corrected chi connectivity index (χ1v) is 8.74. The first-order chi connectivity index (χ1) is 14.1. The molecule has 0 aliphatic carbocycles. The van der Waals surface area contributed by atoms with E-state index in [1.54, 1.807) is 24.3 Å². The van der Waals surface area contributed by atoms with Crippen molar-refractivity contribution in [2.45, 2.75) is 6.61 Å². The quantitative estimate of drug-likeness (QED) is 0.522. The topological polar surface area (TPSA) is 111 Å². The average molecular weight is 391 g/mol. The van der Waals surface area contributed by atoms with Crippen LogP contribution in [-0.4, -0.2) is 32.6 Å². The van der Waals surface area contributed by atoms with Crippen LogP contribution in [-0.2, 0) is 6.61 Å². The second-order valence-electron chi connectivity index (χ2n) is 6.07. The van der Waals surface area contributed by atoms with Gasteiger partial charge >= 0.3 is 0 Å². The predicted molar refractivity (Wildman–Crippen MR) is 105 cm³/mol. The van der Waals surface area contributed by atoms with Gasteiger partial charge in [-0.3, -0.25) is 14.6 Å². The van der Waals surface area contributed by atoms with Crippen molar-refractivity contribution in [2.24, 2.45) is 0 Å². The Bertz CT molecular complexity index is 1220. The number of amides is 1. The third-order valence-corrected chi connectivity index (χ3v) is 4.07. The van der Waals surface area contributed by atoms with Crippen molar-refractivity contribution >= 4 is 17.5 Å².